The Morgan fingerprint density at radius 3 is 2.16 bits per heavy atom. The van der Waals surface area contributed by atoms with Crippen LogP contribution in [0.4, 0.5) is 13.2 Å². The molecule has 0 bridgehead atoms. The maximum Gasteiger partial charge on any atom is 0.502 e. The van der Waals surface area contributed by atoms with E-state index in [2.05, 4.69) is 5.32 Å². The minimum atomic E-state index is -5.52. The van der Waals surface area contributed by atoms with Gasteiger partial charge >= 0.3 is 5.51 Å². The number of hydrogen-bond acceptors (Lipinski definition) is 4. The number of benzene rings is 1. The monoisotopic (exact) mass is 295 g/mol. The van der Waals surface area contributed by atoms with Gasteiger partial charge in [0.15, 0.2) is 0 Å². The quantitative estimate of drug-likeness (QED) is 0.821. The number of fused-ring (bicyclic) bond motifs is 1. The lowest BCUT2D eigenvalue weighted by atomic mass is 10.0. The number of sulfone groups is 1. The average Bonchev–Trinajstić information content (AvgIpc) is 2.50. The van der Waals surface area contributed by atoms with Crippen LogP contribution in [0.5, 0.6) is 5.75 Å². The van der Waals surface area contributed by atoms with E-state index in [1.807, 2.05) is 0 Å². The highest BCUT2D eigenvalue weighted by atomic mass is 32.2. The zero-order chi connectivity index (χ0) is 14.3. The number of halogens is 3. The van der Waals surface area contributed by atoms with Crippen LogP contribution in [-0.2, 0) is 22.7 Å². The van der Waals surface area contributed by atoms with Gasteiger partial charge in [-0.25, -0.2) is 8.42 Å². The number of phenols is 1. The Morgan fingerprint density at radius 1 is 1.11 bits per heavy atom. The van der Waals surface area contributed by atoms with E-state index in [0.717, 1.165) is 12.1 Å². The van der Waals surface area contributed by atoms with Crippen molar-refractivity contribution in [2.24, 2.45) is 0 Å². The van der Waals surface area contributed by atoms with Gasteiger partial charge in [-0.3, -0.25) is 0 Å². The summed E-state index contributed by atoms with van der Waals surface area (Å²) in [5.41, 5.74) is -4.23. The first-order valence-electron chi connectivity index (χ1n) is 5.60. The highest BCUT2D eigenvalue weighted by Crippen LogP contribution is 2.36. The van der Waals surface area contributed by atoms with Gasteiger partial charge < -0.3 is 10.4 Å². The van der Waals surface area contributed by atoms with Crippen LogP contribution in [0.25, 0.3) is 0 Å². The fraction of sp³-hybridized carbons (Fsp3) is 0.455. The summed E-state index contributed by atoms with van der Waals surface area (Å²) in [4.78, 5) is -1.07. The van der Waals surface area contributed by atoms with Gasteiger partial charge in [0.25, 0.3) is 9.84 Å². The second-order valence-corrected chi connectivity index (χ2v) is 6.20. The largest absolute Gasteiger partial charge is 0.507 e. The van der Waals surface area contributed by atoms with Crippen LogP contribution in [0.15, 0.2) is 17.0 Å². The molecule has 4 nitrogen and oxygen atoms in total. The second-order valence-electron chi connectivity index (χ2n) is 4.29. The molecule has 0 fully saturated rings. The SMILES string of the molecule is O=S(=O)(c1cc2c(cc1O)CCNCC2)C(F)(F)F. The van der Waals surface area contributed by atoms with E-state index in [-0.39, 0.29) is 0 Å². The van der Waals surface area contributed by atoms with Gasteiger partial charge in [0.2, 0.25) is 0 Å². The van der Waals surface area contributed by atoms with Crippen molar-refractivity contribution in [2.45, 2.75) is 23.2 Å². The summed E-state index contributed by atoms with van der Waals surface area (Å²) in [5.74, 6) is -0.849. The number of rotatable bonds is 1. The molecule has 8 heteroatoms. The molecule has 0 spiro atoms. The number of hydrogen-bond donors (Lipinski definition) is 2. The van der Waals surface area contributed by atoms with E-state index >= 15 is 0 Å². The lowest BCUT2D eigenvalue weighted by molar-refractivity contribution is -0.0437. The fourth-order valence-electron chi connectivity index (χ4n) is 2.03. The predicted octanol–water partition coefficient (Wildman–Crippen LogP) is 1.37. The standard InChI is InChI=1S/C11H12F3NO3S/c12-11(13,14)19(17,18)10-6-8-2-4-15-3-1-7(8)5-9(10)16/h5-6,15-16H,1-4H2. The summed E-state index contributed by atoms with van der Waals surface area (Å²) in [7, 11) is -5.52. The maximum atomic E-state index is 12.5. The molecular formula is C11H12F3NO3S. The molecule has 106 valence electrons. The molecule has 1 aliphatic heterocycles. The molecule has 0 saturated heterocycles. The molecular weight excluding hydrogens is 283 g/mol. The Kier molecular flexibility index (Phi) is 3.48. The summed E-state index contributed by atoms with van der Waals surface area (Å²) < 4.78 is 60.2. The molecule has 0 amide bonds. The van der Waals surface area contributed by atoms with Crippen molar-refractivity contribution >= 4 is 9.84 Å². The van der Waals surface area contributed by atoms with Crippen LogP contribution in [0.3, 0.4) is 0 Å². The number of alkyl halides is 3. The summed E-state index contributed by atoms with van der Waals surface area (Å²) >= 11 is 0. The van der Waals surface area contributed by atoms with Crippen molar-refractivity contribution in [1.82, 2.24) is 5.32 Å². The Labute approximate surface area is 108 Å². The van der Waals surface area contributed by atoms with Gasteiger partial charge in [-0.1, -0.05) is 0 Å². The molecule has 0 unspecified atom stereocenters. The Bertz CT molecular complexity index is 596. The third-order valence-corrected chi connectivity index (χ3v) is 4.53. The minimum absolute atomic E-state index is 0.427. The molecule has 1 aromatic carbocycles. The maximum absolute atomic E-state index is 12.5. The third-order valence-electron chi connectivity index (χ3n) is 3.02. The number of phenolic OH excluding ortho intramolecular Hbond substituents is 1. The van der Waals surface area contributed by atoms with Gasteiger partial charge in [-0.05, 0) is 49.2 Å². The smallest absolute Gasteiger partial charge is 0.502 e. The van der Waals surface area contributed by atoms with E-state index in [4.69, 9.17) is 0 Å². The van der Waals surface area contributed by atoms with E-state index in [9.17, 15) is 26.7 Å². The molecule has 0 aliphatic carbocycles. The van der Waals surface area contributed by atoms with Crippen molar-refractivity contribution in [2.75, 3.05) is 13.1 Å². The molecule has 0 atom stereocenters. The first-order valence-corrected chi connectivity index (χ1v) is 7.08. The number of nitrogens with one attached hydrogen (secondary N) is 1. The van der Waals surface area contributed by atoms with Crippen LogP contribution in [-0.4, -0.2) is 32.1 Å². The van der Waals surface area contributed by atoms with Gasteiger partial charge in [0, 0.05) is 0 Å². The zero-order valence-electron chi connectivity index (χ0n) is 9.79. The van der Waals surface area contributed by atoms with Crippen molar-refractivity contribution in [3.8, 4) is 5.75 Å². The second kappa shape index (κ2) is 4.68. The van der Waals surface area contributed by atoms with Crippen molar-refractivity contribution in [3.05, 3.63) is 23.3 Å². The van der Waals surface area contributed by atoms with Crippen LogP contribution in [0.1, 0.15) is 11.1 Å². The molecule has 19 heavy (non-hydrogen) atoms. The van der Waals surface area contributed by atoms with Crippen LogP contribution >= 0.6 is 0 Å². The Balaban J connectivity index is 2.58. The van der Waals surface area contributed by atoms with E-state index < -0.39 is 26.0 Å². The minimum Gasteiger partial charge on any atom is -0.507 e. The fourth-order valence-corrected chi connectivity index (χ4v) is 2.91. The molecule has 1 aromatic rings. The normalized spacial score (nSPS) is 16.8. The van der Waals surface area contributed by atoms with Crippen LogP contribution in [0, 0.1) is 0 Å². The molecule has 2 N–H and O–H groups in total. The van der Waals surface area contributed by atoms with E-state index in [1.165, 1.54) is 0 Å². The Morgan fingerprint density at radius 2 is 1.63 bits per heavy atom. The van der Waals surface area contributed by atoms with Crippen LogP contribution in [0.2, 0.25) is 0 Å². The van der Waals surface area contributed by atoms with Gasteiger partial charge in [0.1, 0.15) is 10.6 Å². The van der Waals surface area contributed by atoms with Gasteiger partial charge in [-0.2, -0.15) is 13.2 Å². The van der Waals surface area contributed by atoms with Gasteiger partial charge in [-0.15, -0.1) is 0 Å². The molecule has 2 rings (SSSR count). The topological polar surface area (TPSA) is 66.4 Å². The first-order chi connectivity index (χ1) is 8.73. The molecule has 1 heterocycles. The van der Waals surface area contributed by atoms with Crippen LogP contribution < -0.4 is 5.32 Å². The summed E-state index contributed by atoms with van der Waals surface area (Å²) in [5, 5.41) is 12.6. The van der Waals surface area contributed by atoms with E-state index in [0.29, 0.717) is 37.1 Å². The van der Waals surface area contributed by atoms with E-state index in [1.54, 1.807) is 0 Å². The summed E-state index contributed by atoms with van der Waals surface area (Å²) in [6.45, 7) is 1.20. The van der Waals surface area contributed by atoms with Gasteiger partial charge in [0.05, 0.1) is 0 Å². The summed E-state index contributed by atoms with van der Waals surface area (Å²) in [6.07, 6.45) is 0.964. The third kappa shape index (κ3) is 2.55. The molecule has 1 aliphatic rings. The lowest BCUT2D eigenvalue weighted by Crippen LogP contribution is -2.23. The molecule has 0 radical (unpaired) electrons. The van der Waals surface area contributed by atoms with Crippen molar-refractivity contribution in [3.63, 3.8) is 0 Å². The highest BCUT2D eigenvalue weighted by Gasteiger charge is 2.48. The molecule has 0 aromatic heterocycles. The predicted molar refractivity (Wildman–Crippen MR) is 61.6 cm³/mol. The van der Waals surface area contributed by atoms with Crippen molar-refractivity contribution < 1.29 is 26.7 Å². The number of aromatic hydroxyl groups is 1. The highest BCUT2D eigenvalue weighted by molar-refractivity contribution is 7.92. The summed E-state index contributed by atoms with van der Waals surface area (Å²) in [6, 6.07) is 2.04. The molecule has 0 saturated carbocycles. The van der Waals surface area contributed by atoms with Crippen molar-refractivity contribution in [1.29, 1.82) is 0 Å². The first kappa shape index (κ1) is 14.1. The Hall–Kier alpha value is -1.28. The lowest BCUT2D eigenvalue weighted by Gasteiger charge is -2.13. The average molecular weight is 295 g/mol. The zero-order valence-corrected chi connectivity index (χ0v) is 10.6.